The van der Waals surface area contributed by atoms with E-state index in [-0.39, 0.29) is 5.82 Å². The summed E-state index contributed by atoms with van der Waals surface area (Å²) in [4.78, 5) is 6.35. The van der Waals surface area contributed by atoms with Crippen LogP contribution in [0.4, 0.5) is 4.39 Å². The molecule has 1 aromatic carbocycles. The minimum Gasteiger partial charge on any atom is -0.496 e. The Morgan fingerprint density at radius 3 is 3.09 bits per heavy atom. The van der Waals surface area contributed by atoms with Crippen LogP contribution in [0.1, 0.15) is 18.4 Å². The fourth-order valence-corrected chi connectivity index (χ4v) is 3.15. The standard InChI is InChI=1S/C16H21FN4O/c1-22-16-5-4-15(17)7-14(16)10-20-6-2-3-13(8-20)9-21-12-18-11-19-21/h4-5,7,11-13H,2-3,6,8-10H2,1H3. The average molecular weight is 304 g/mol. The first kappa shape index (κ1) is 15.0. The van der Waals surface area contributed by atoms with Crippen LogP contribution in [0.3, 0.4) is 0 Å². The molecule has 22 heavy (non-hydrogen) atoms. The van der Waals surface area contributed by atoms with Crippen LogP contribution in [0, 0.1) is 11.7 Å². The molecule has 2 aromatic rings. The van der Waals surface area contributed by atoms with Gasteiger partial charge in [0.15, 0.2) is 0 Å². The SMILES string of the molecule is COc1ccc(F)cc1CN1CCCC(Cn2cncn2)C1. The molecule has 1 aliphatic rings. The molecule has 2 heterocycles. The summed E-state index contributed by atoms with van der Waals surface area (Å²) in [5.41, 5.74) is 0.906. The zero-order chi connectivity index (χ0) is 15.4. The first-order chi connectivity index (χ1) is 10.7. The fourth-order valence-electron chi connectivity index (χ4n) is 3.15. The second kappa shape index (κ2) is 6.87. The van der Waals surface area contributed by atoms with Gasteiger partial charge in [0, 0.05) is 25.2 Å². The molecule has 1 aromatic heterocycles. The van der Waals surface area contributed by atoms with Gasteiger partial charge in [-0.25, -0.2) is 9.37 Å². The number of nitrogens with zero attached hydrogens (tertiary/aromatic N) is 4. The van der Waals surface area contributed by atoms with Crippen molar-refractivity contribution in [1.82, 2.24) is 19.7 Å². The van der Waals surface area contributed by atoms with Gasteiger partial charge in [-0.05, 0) is 43.5 Å². The molecule has 1 aliphatic heterocycles. The van der Waals surface area contributed by atoms with E-state index in [2.05, 4.69) is 15.0 Å². The molecule has 1 atom stereocenters. The van der Waals surface area contributed by atoms with Crippen molar-refractivity contribution in [1.29, 1.82) is 0 Å². The lowest BCUT2D eigenvalue weighted by atomic mass is 9.97. The maximum absolute atomic E-state index is 13.5. The number of hydrogen-bond donors (Lipinski definition) is 0. The van der Waals surface area contributed by atoms with Crippen LogP contribution >= 0.6 is 0 Å². The van der Waals surface area contributed by atoms with Crippen LogP contribution in [0.2, 0.25) is 0 Å². The molecule has 3 rings (SSSR count). The summed E-state index contributed by atoms with van der Waals surface area (Å²) in [5.74, 6) is 1.08. The van der Waals surface area contributed by atoms with E-state index in [9.17, 15) is 4.39 Å². The molecular formula is C16H21FN4O. The summed E-state index contributed by atoms with van der Waals surface area (Å²) in [6.45, 7) is 3.62. The minimum atomic E-state index is -0.216. The van der Waals surface area contributed by atoms with E-state index in [1.54, 1.807) is 31.9 Å². The minimum absolute atomic E-state index is 0.216. The molecular weight excluding hydrogens is 283 g/mol. The van der Waals surface area contributed by atoms with Crippen molar-refractivity contribution in [2.45, 2.75) is 25.9 Å². The number of aromatic nitrogens is 3. The summed E-state index contributed by atoms with van der Waals surface area (Å²) >= 11 is 0. The van der Waals surface area contributed by atoms with Crippen molar-refractivity contribution in [3.63, 3.8) is 0 Å². The largest absolute Gasteiger partial charge is 0.496 e. The molecule has 0 aliphatic carbocycles. The number of rotatable bonds is 5. The van der Waals surface area contributed by atoms with E-state index in [4.69, 9.17) is 4.74 Å². The maximum atomic E-state index is 13.5. The van der Waals surface area contributed by atoms with Crippen molar-refractivity contribution < 1.29 is 9.13 Å². The van der Waals surface area contributed by atoms with Gasteiger partial charge in [-0.1, -0.05) is 0 Å². The Kier molecular flexibility index (Phi) is 4.68. The molecule has 118 valence electrons. The predicted octanol–water partition coefficient (Wildman–Crippen LogP) is 2.34. The normalized spacial score (nSPS) is 19.3. The van der Waals surface area contributed by atoms with Crippen LogP contribution in [-0.4, -0.2) is 39.9 Å². The van der Waals surface area contributed by atoms with Gasteiger partial charge < -0.3 is 4.74 Å². The summed E-state index contributed by atoms with van der Waals surface area (Å²) in [7, 11) is 1.63. The Labute approximate surface area is 129 Å². The first-order valence-electron chi connectivity index (χ1n) is 7.62. The summed E-state index contributed by atoms with van der Waals surface area (Å²) in [5, 5.41) is 4.18. The van der Waals surface area contributed by atoms with E-state index in [0.717, 1.165) is 43.9 Å². The number of ether oxygens (including phenoxy) is 1. The van der Waals surface area contributed by atoms with E-state index >= 15 is 0 Å². The zero-order valence-electron chi connectivity index (χ0n) is 12.8. The molecule has 0 bridgehead atoms. The number of piperidine rings is 1. The van der Waals surface area contributed by atoms with Gasteiger partial charge in [-0.15, -0.1) is 0 Å². The maximum Gasteiger partial charge on any atom is 0.137 e. The Balaban J connectivity index is 1.64. The Hall–Kier alpha value is -1.95. The van der Waals surface area contributed by atoms with Gasteiger partial charge in [0.2, 0.25) is 0 Å². The molecule has 0 spiro atoms. The molecule has 6 heteroatoms. The van der Waals surface area contributed by atoms with E-state index in [1.807, 2.05) is 4.68 Å². The number of hydrogen-bond acceptors (Lipinski definition) is 4. The highest BCUT2D eigenvalue weighted by Gasteiger charge is 2.21. The van der Waals surface area contributed by atoms with Gasteiger partial charge in [-0.3, -0.25) is 9.58 Å². The third-order valence-corrected chi connectivity index (χ3v) is 4.15. The lowest BCUT2D eigenvalue weighted by Gasteiger charge is -2.32. The summed E-state index contributed by atoms with van der Waals surface area (Å²) in [6, 6.07) is 4.70. The van der Waals surface area contributed by atoms with Crippen molar-refractivity contribution in [3.8, 4) is 5.75 Å². The van der Waals surface area contributed by atoms with Crippen LogP contribution in [0.5, 0.6) is 5.75 Å². The second-order valence-corrected chi connectivity index (χ2v) is 5.82. The van der Waals surface area contributed by atoms with E-state index in [0.29, 0.717) is 5.92 Å². The van der Waals surface area contributed by atoms with Crippen molar-refractivity contribution in [2.75, 3.05) is 20.2 Å². The molecule has 1 unspecified atom stereocenters. The van der Waals surface area contributed by atoms with Crippen molar-refractivity contribution >= 4 is 0 Å². The highest BCUT2D eigenvalue weighted by molar-refractivity contribution is 5.33. The Morgan fingerprint density at radius 2 is 2.32 bits per heavy atom. The zero-order valence-corrected chi connectivity index (χ0v) is 12.8. The van der Waals surface area contributed by atoms with Crippen molar-refractivity contribution in [2.24, 2.45) is 5.92 Å². The summed E-state index contributed by atoms with van der Waals surface area (Å²) in [6.07, 6.45) is 5.67. The van der Waals surface area contributed by atoms with Crippen molar-refractivity contribution in [3.05, 3.63) is 42.2 Å². The first-order valence-corrected chi connectivity index (χ1v) is 7.62. The van der Waals surface area contributed by atoms with Crippen LogP contribution in [0.15, 0.2) is 30.9 Å². The molecule has 0 saturated carbocycles. The van der Waals surface area contributed by atoms with Gasteiger partial charge in [0.1, 0.15) is 24.2 Å². The number of benzene rings is 1. The molecule has 5 nitrogen and oxygen atoms in total. The van der Waals surface area contributed by atoms with Crippen LogP contribution in [0.25, 0.3) is 0 Å². The number of likely N-dealkylation sites (tertiary alicyclic amines) is 1. The van der Waals surface area contributed by atoms with Gasteiger partial charge >= 0.3 is 0 Å². The Bertz CT molecular complexity index is 602. The molecule has 1 saturated heterocycles. The molecule has 0 radical (unpaired) electrons. The van der Waals surface area contributed by atoms with E-state index in [1.165, 1.54) is 12.5 Å². The smallest absolute Gasteiger partial charge is 0.137 e. The predicted molar refractivity (Wildman–Crippen MR) is 81.0 cm³/mol. The molecule has 1 fully saturated rings. The third kappa shape index (κ3) is 3.62. The van der Waals surface area contributed by atoms with Gasteiger partial charge in [-0.2, -0.15) is 5.10 Å². The van der Waals surface area contributed by atoms with Crippen LogP contribution < -0.4 is 4.74 Å². The monoisotopic (exact) mass is 304 g/mol. The Morgan fingerprint density at radius 1 is 1.41 bits per heavy atom. The quantitative estimate of drug-likeness (QED) is 0.850. The molecule has 0 N–H and O–H groups in total. The highest BCUT2D eigenvalue weighted by atomic mass is 19.1. The topological polar surface area (TPSA) is 43.2 Å². The summed E-state index contributed by atoms with van der Waals surface area (Å²) < 4.78 is 20.7. The van der Waals surface area contributed by atoms with Crippen LogP contribution in [-0.2, 0) is 13.1 Å². The average Bonchev–Trinajstić information content (AvgIpc) is 3.01. The molecule has 0 amide bonds. The fraction of sp³-hybridized carbons (Fsp3) is 0.500. The highest BCUT2D eigenvalue weighted by Crippen LogP contribution is 2.24. The number of halogens is 1. The van der Waals surface area contributed by atoms with Gasteiger partial charge in [0.05, 0.1) is 7.11 Å². The van der Waals surface area contributed by atoms with Gasteiger partial charge in [0.25, 0.3) is 0 Å². The lowest BCUT2D eigenvalue weighted by Crippen LogP contribution is -2.36. The van der Waals surface area contributed by atoms with E-state index < -0.39 is 0 Å². The number of methoxy groups -OCH3 is 1. The second-order valence-electron chi connectivity index (χ2n) is 5.82. The lowest BCUT2D eigenvalue weighted by molar-refractivity contribution is 0.152. The third-order valence-electron chi connectivity index (χ3n) is 4.15.